The molecule has 6 nitrogen and oxygen atoms in total. The molecule has 1 aliphatic rings. The van der Waals surface area contributed by atoms with Gasteiger partial charge >= 0.3 is 5.97 Å². The Hall–Kier alpha value is -3.15. The third-order valence-electron chi connectivity index (χ3n) is 4.27. The summed E-state index contributed by atoms with van der Waals surface area (Å²) in [5, 5.41) is 2.71. The average molecular weight is 352 g/mol. The lowest BCUT2D eigenvalue weighted by atomic mass is 9.98. The molecule has 134 valence electrons. The zero-order chi connectivity index (χ0) is 18.5. The quantitative estimate of drug-likeness (QED) is 0.840. The van der Waals surface area contributed by atoms with Crippen molar-refractivity contribution in [1.29, 1.82) is 0 Å². The highest BCUT2D eigenvalue weighted by atomic mass is 16.5. The summed E-state index contributed by atoms with van der Waals surface area (Å²) in [5.41, 5.74) is 2.21. The van der Waals surface area contributed by atoms with Crippen LogP contribution in [0.1, 0.15) is 24.8 Å². The van der Waals surface area contributed by atoms with Gasteiger partial charge in [-0.2, -0.15) is 0 Å². The normalized spacial score (nSPS) is 14.2. The van der Waals surface area contributed by atoms with Crippen LogP contribution in [0.25, 0.3) is 0 Å². The summed E-state index contributed by atoms with van der Waals surface area (Å²) in [7, 11) is 0. The van der Waals surface area contributed by atoms with E-state index in [2.05, 4.69) is 5.32 Å². The van der Waals surface area contributed by atoms with Crippen LogP contribution in [0.15, 0.2) is 54.6 Å². The summed E-state index contributed by atoms with van der Waals surface area (Å²) in [4.78, 5) is 37.6. The fourth-order valence-electron chi connectivity index (χ4n) is 2.88. The first-order chi connectivity index (χ1) is 12.5. The minimum absolute atomic E-state index is 0.000271. The van der Waals surface area contributed by atoms with Crippen molar-refractivity contribution in [2.45, 2.75) is 19.3 Å². The molecular formula is C20H20N2O4. The number of para-hydroxylation sites is 2. The molecule has 2 aromatic rings. The van der Waals surface area contributed by atoms with E-state index in [4.69, 9.17) is 4.74 Å². The van der Waals surface area contributed by atoms with Gasteiger partial charge in [0.1, 0.15) is 6.54 Å². The van der Waals surface area contributed by atoms with Crippen LogP contribution in [-0.4, -0.2) is 30.9 Å². The van der Waals surface area contributed by atoms with E-state index >= 15 is 0 Å². The van der Waals surface area contributed by atoms with Crippen molar-refractivity contribution < 1.29 is 19.1 Å². The van der Waals surface area contributed by atoms with Crippen LogP contribution in [0, 0.1) is 0 Å². The lowest BCUT2D eigenvalue weighted by Crippen LogP contribution is -2.44. The Labute approximate surface area is 151 Å². The number of esters is 1. The van der Waals surface area contributed by atoms with Gasteiger partial charge in [-0.3, -0.25) is 19.3 Å². The second-order valence-electron chi connectivity index (χ2n) is 6.22. The fraction of sp³-hybridized carbons (Fsp3) is 0.250. The van der Waals surface area contributed by atoms with E-state index in [0.717, 1.165) is 5.56 Å². The molecule has 6 heteroatoms. The largest absolute Gasteiger partial charge is 0.456 e. The molecule has 0 unspecified atom stereocenters. The zero-order valence-electron chi connectivity index (χ0n) is 14.5. The molecule has 0 spiro atoms. The molecule has 1 heterocycles. The van der Waals surface area contributed by atoms with Crippen molar-refractivity contribution in [3.8, 4) is 0 Å². The molecule has 2 aromatic carbocycles. The van der Waals surface area contributed by atoms with E-state index in [1.165, 1.54) is 4.90 Å². The summed E-state index contributed by atoms with van der Waals surface area (Å²) in [6, 6.07) is 16.7. The predicted octanol–water partition coefficient (Wildman–Crippen LogP) is 2.71. The molecule has 0 aliphatic carbocycles. The first-order valence-corrected chi connectivity index (χ1v) is 8.44. The Morgan fingerprint density at radius 2 is 1.81 bits per heavy atom. The number of fused-ring (bicyclic) bond motifs is 1. The number of hydrogen-bond acceptors (Lipinski definition) is 4. The highest BCUT2D eigenvalue weighted by Gasteiger charge is 2.27. The maximum atomic E-state index is 12.4. The molecule has 0 radical (unpaired) electrons. The van der Waals surface area contributed by atoms with Crippen molar-refractivity contribution in [2.75, 3.05) is 23.4 Å². The van der Waals surface area contributed by atoms with Crippen LogP contribution in [0.3, 0.4) is 0 Å². The average Bonchev–Trinajstić information content (AvgIpc) is 2.66. The molecule has 2 amide bonds. The van der Waals surface area contributed by atoms with E-state index < -0.39 is 11.9 Å². The van der Waals surface area contributed by atoms with Gasteiger partial charge in [-0.05, 0) is 23.6 Å². The van der Waals surface area contributed by atoms with Crippen molar-refractivity contribution in [3.63, 3.8) is 0 Å². The third-order valence-corrected chi connectivity index (χ3v) is 4.27. The van der Waals surface area contributed by atoms with Gasteiger partial charge in [0, 0.05) is 0 Å². The molecule has 1 aliphatic heterocycles. The Morgan fingerprint density at radius 1 is 1.12 bits per heavy atom. The third kappa shape index (κ3) is 4.08. The molecule has 3 rings (SSSR count). The number of anilines is 2. The van der Waals surface area contributed by atoms with Gasteiger partial charge in [0.2, 0.25) is 5.91 Å². The second-order valence-corrected chi connectivity index (χ2v) is 6.22. The standard InChI is InChI=1S/C20H20N2O4/c1-14(15-7-3-2-4-8-15)11-20(25)26-13-19(24)22-12-18(23)21-16-9-5-6-10-17(16)22/h2-10,14H,11-13H2,1H3,(H,21,23)/t14-/m0/s1. The molecule has 0 fully saturated rings. The minimum atomic E-state index is -0.440. The molecule has 0 saturated heterocycles. The van der Waals surface area contributed by atoms with Crippen LogP contribution in [0.4, 0.5) is 11.4 Å². The van der Waals surface area contributed by atoms with Gasteiger partial charge in [-0.25, -0.2) is 0 Å². The van der Waals surface area contributed by atoms with Crippen LogP contribution in [0.2, 0.25) is 0 Å². The number of carbonyl (C=O) groups excluding carboxylic acids is 3. The van der Waals surface area contributed by atoms with Crippen LogP contribution in [-0.2, 0) is 19.1 Å². The first kappa shape index (κ1) is 17.7. The molecule has 26 heavy (non-hydrogen) atoms. The van der Waals surface area contributed by atoms with Crippen molar-refractivity contribution in [2.24, 2.45) is 0 Å². The fourth-order valence-corrected chi connectivity index (χ4v) is 2.88. The molecular weight excluding hydrogens is 332 g/mol. The van der Waals surface area contributed by atoms with E-state index in [-0.39, 0.29) is 31.4 Å². The maximum absolute atomic E-state index is 12.4. The number of benzene rings is 2. The summed E-state index contributed by atoms with van der Waals surface area (Å²) in [6.07, 6.45) is 0.189. The molecule has 1 N–H and O–H groups in total. The van der Waals surface area contributed by atoms with E-state index in [1.54, 1.807) is 24.3 Å². The molecule has 0 aromatic heterocycles. The predicted molar refractivity (Wildman–Crippen MR) is 97.9 cm³/mol. The number of nitrogens with zero attached hydrogens (tertiary/aromatic N) is 1. The smallest absolute Gasteiger partial charge is 0.306 e. The van der Waals surface area contributed by atoms with Gasteiger partial charge in [-0.1, -0.05) is 49.4 Å². The summed E-state index contributed by atoms with van der Waals surface area (Å²) >= 11 is 0. The number of carbonyl (C=O) groups is 3. The summed E-state index contributed by atoms with van der Waals surface area (Å²) < 4.78 is 5.14. The summed E-state index contributed by atoms with van der Waals surface area (Å²) in [6.45, 7) is 1.46. The zero-order valence-corrected chi connectivity index (χ0v) is 14.5. The van der Waals surface area contributed by atoms with Gasteiger partial charge < -0.3 is 10.1 Å². The van der Waals surface area contributed by atoms with Crippen molar-refractivity contribution >= 4 is 29.2 Å². The van der Waals surface area contributed by atoms with Gasteiger partial charge in [-0.15, -0.1) is 0 Å². The Kier molecular flexibility index (Phi) is 5.31. The highest BCUT2D eigenvalue weighted by molar-refractivity contribution is 6.10. The van der Waals surface area contributed by atoms with Gasteiger partial charge in [0.25, 0.3) is 5.91 Å². The molecule has 1 atom stereocenters. The number of amides is 2. The van der Waals surface area contributed by atoms with E-state index in [9.17, 15) is 14.4 Å². The number of hydrogen-bond donors (Lipinski definition) is 1. The first-order valence-electron chi connectivity index (χ1n) is 8.44. The number of nitrogens with one attached hydrogen (secondary N) is 1. The van der Waals surface area contributed by atoms with Gasteiger partial charge in [0.05, 0.1) is 17.8 Å². The number of ether oxygens (including phenoxy) is 1. The highest BCUT2D eigenvalue weighted by Crippen LogP contribution is 2.28. The lowest BCUT2D eigenvalue weighted by Gasteiger charge is -2.28. The Bertz CT molecular complexity index is 820. The van der Waals surface area contributed by atoms with Crippen molar-refractivity contribution in [1.82, 2.24) is 0 Å². The minimum Gasteiger partial charge on any atom is -0.456 e. The maximum Gasteiger partial charge on any atom is 0.306 e. The lowest BCUT2D eigenvalue weighted by molar-refractivity contribution is -0.148. The SMILES string of the molecule is C[C@@H](CC(=O)OCC(=O)N1CC(=O)Nc2ccccc21)c1ccccc1. The molecule has 0 bridgehead atoms. The van der Waals surface area contributed by atoms with Crippen LogP contribution in [0.5, 0.6) is 0 Å². The van der Waals surface area contributed by atoms with Crippen molar-refractivity contribution in [3.05, 3.63) is 60.2 Å². The monoisotopic (exact) mass is 352 g/mol. The van der Waals surface area contributed by atoms with E-state index in [0.29, 0.717) is 11.4 Å². The topological polar surface area (TPSA) is 75.7 Å². The Morgan fingerprint density at radius 3 is 2.58 bits per heavy atom. The van der Waals surface area contributed by atoms with Crippen LogP contribution >= 0.6 is 0 Å². The number of rotatable bonds is 5. The second kappa shape index (κ2) is 7.82. The van der Waals surface area contributed by atoms with Gasteiger partial charge in [0.15, 0.2) is 6.61 Å². The Balaban J connectivity index is 1.57. The van der Waals surface area contributed by atoms with E-state index in [1.807, 2.05) is 37.3 Å². The molecule has 0 saturated carbocycles. The summed E-state index contributed by atoms with van der Waals surface area (Å²) in [5.74, 6) is -1.14. The van der Waals surface area contributed by atoms with Crippen LogP contribution < -0.4 is 10.2 Å².